The maximum Gasteiger partial charge on any atom is 0.352 e. The van der Waals surface area contributed by atoms with Gasteiger partial charge >= 0.3 is 5.69 Å². The van der Waals surface area contributed by atoms with Crippen molar-refractivity contribution in [1.29, 1.82) is 0 Å². The smallest absolute Gasteiger partial charge is 0.352 e. The van der Waals surface area contributed by atoms with Gasteiger partial charge in [0.2, 0.25) is 0 Å². The maximum atomic E-state index is 13.1. The van der Waals surface area contributed by atoms with Gasteiger partial charge in [-0.2, -0.15) is 4.98 Å². The molecule has 2 aliphatic heterocycles. The van der Waals surface area contributed by atoms with Gasteiger partial charge < -0.3 is 26.0 Å². The summed E-state index contributed by atoms with van der Waals surface area (Å²) in [6.45, 7) is 7.89. The minimum absolute atomic E-state index is 0. The van der Waals surface area contributed by atoms with Crippen LogP contribution in [0.25, 0.3) is 22.6 Å². The largest absolute Gasteiger partial charge is 1.00 e. The van der Waals surface area contributed by atoms with Crippen LogP contribution in [0.5, 0.6) is 0 Å². The topological polar surface area (TPSA) is 69.8 Å². The van der Waals surface area contributed by atoms with Crippen molar-refractivity contribution in [3.8, 4) is 11.5 Å². The van der Waals surface area contributed by atoms with E-state index < -0.39 is 5.69 Å². The molecule has 0 radical (unpaired) electrons. The summed E-state index contributed by atoms with van der Waals surface area (Å²) < 4.78 is 3.86. The van der Waals surface area contributed by atoms with Crippen molar-refractivity contribution >= 4 is 11.0 Å². The first-order valence-corrected chi connectivity index (χ1v) is 9.85. The number of quaternary nitrogens is 1. The minimum atomic E-state index is -0.499. The third kappa shape index (κ3) is 4.75. The number of aryl methyl sites for hydroxylation is 3. The van der Waals surface area contributed by atoms with Gasteiger partial charge in [-0.1, -0.05) is 13.3 Å². The number of hydrogen-bond acceptors (Lipinski definition) is 4. The van der Waals surface area contributed by atoms with E-state index in [0.717, 1.165) is 35.0 Å². The van der Waals surface area contributed by atoms with Gasteiger partial charge in [0.15, 0.2) is 11.5 Å². The van der Waals surface area contributed by atoms with E-state index in [1.54, 1.807) is 0 Å². The van der Waals surface area contributed by atoms with Gasteiger partial charge in [-0.05, 0) is 43.5 Å². The Kier molecular flexibility index (Phi) is 7.01. The summed E-state index contributed by atoms with van der Waals surface area (Å²) >= 11 is 0. The van der Waals surface area contributed by atoms with Crippen LogP contribution in [0.1, 0.15) is 30.9 Å². The Morgan fingerprint density at radius 2 is 1.62 bits per heavy atom. The lowest BCUT2D eigenvalue weighted by atomic mass is 10.1. The number of rotatable bonds is 6. The lowest BCUT2D eigenvalue weighted by molar-refractivity contribution is -0.871. The molecule has 1 aromatic carbocycles. The van der Waals surface area contributed by atoms with Gasteiger partial charge in [0.1, 0.15) is 0 Å². The molecule has 2 aliphatic rings. The average molecular weight is 464 g/mol. The number of halogens is 1. The SMILES string of the molecule is CCCCn1c2nc(=O)n(CC[N+](C)(C)C)c(=O)c-2nc2cc(C)c(C)cc21.[Br-]. The van der Waals surface area contributed by atoms with Crippen molar-refractivity contribution in [2.45, 2.75) is 46.7 Å². The summed E-state index contributed by atoms with van der Waals surface area (Å²) in [5.74, 6) is 0.390. The van der Waals surface area contributed by atoms with Gasteiger partial charge in [-0.15, -0.1) is 0 Å². The fraction of sp³-hybridized carbons (Fsp3) is 0.524. The number of benzene rings is 1. The predicted molar refractivity (Wildman–Crippen MR) is 112 cm³/mol. The van der Waals surface area contributed by atoms with Gasteiger partial charge in [0, 0.05) is 6.54 Å². The van der Waals surface area contributed by atoms with E-state index in [4.69, 9.17) is 0 Å². The van der Waals surface area contributed by atoms with Gasteiger partial charge in [0.25, 0.3) is 5.56 Å². The van der Waals surface area contributed by atoms with Crippen molar-refractivity contribution in [3.05, 3.63) is 44.1 Å². The highest BCUT2D eigenvalue weighted by Crippen LogP contribution is 2.24. The molecule has 0 fully saturated rings. The highest BCUT2D eigenvalue weighted by atomic mass is 79.9. The van der Waals surface area contributed by atoms with Crippen LogP contribution in [-0.2, 0) is 13.1 Å². The normalized spacial score (nSPS) is 11.8. The fourth-order valence-electron chi connectivity index (χ4n) is 3.27. The molecule has 0 saturated heterocycles. The zero-order chi connectivity index (χ0) is 20.6. The molecule has 0 N–H and O–H groups in total. The highest BCUT2D eigenvalue weighted by molar-refractivity contribution is 5.81. The van der Waals surface area contributed by atoms with Crippen LogP contribution >= 0.6 is 0 Å². The zero-order valence-electron chi connectivity index (χ0n) is 18.1. The first-order chi connectivity index (χ1) is 13.1. The van der Waals surface area contributed by atoms with Crippen LogP contribution in [0.15, 0.2) is 21.7 Å². The minimum Gasteiger partial charge on any atom is -1.00 e. The maximum absolute atomic E-state index is 13.1. The first kappa shape index (κ1) is 23.2. The summed E-state index contributed by atoms with van der Waals surface area (Å²) in [6, 6.07) is 4.08. The molecule has 0 aromatic heterocycles. The Labute approximate surface area is 181 Å². The Morgan fingerprint density at radius 1 is 0.966 bits per heavy atom. The molecule has 2 heterocycles. The van der Waals surface area contributed by atoms with E-state index in [2.05, 4.69) is 29.9 Å². The summed E-state index contributed by atoms with van der Waals surface area (Å²) in [7, 11) is 6.08. The van der Waals surface area contributed by atoms with Crippen LogP contribution in [0.3, 0.4) is 0 Å². The number of hydrogen-bond donors (Lipinski definition) is 0. The van der Waals surface area contributed by atoms with E-state index in [-0.39, 0.29) is 28.2 Å². The number of likely N-dealkylation sites (N-methyl/N-ethyl adjacent to an activating group) is 1. The Balaban J connectivity index is 0.00000300. The number of nitrogens with zero attached hydrogens (tertiary/aromatic N) is 5. The number of fused-ring (bicyclic) bond motifs is 2. The molecule has 0 spiro atoms. The molecular weight excluding hydrogens is 434 g/mol. The lowest BCUT2D eigenvalue weighted by Crippen LogP contribution is -3.00. The third-order valence-corrected chi connectivity index (χ3v) is 5.19. The third-order valence-electron chi connectivity index (χ3n) is 5.19. The van der Waals surface area contributed by atoms with E-state index in [1.165, 1.54) is 4.57 Å². The summed E-state index contributed by atoms with van der Waals surface area (Å²) in [5, 5.41) is 0. The van der Waals surface area contributed by atoms with Crippen molar-refractivity contribution in [2.75, 3.05) is 27.7 Å². The molecule has 0 amide bonds. The summed E-state index contributed by atoms with van der Waals surface area (Å²) in [4.78, 5) is 34.7. The summed E-state index contributed by atoms with van der Waals surface area (Å²) in [6.07, 6.45) is 1.94. The van der Waals surface area contributed by atoms with E-state index in [9.17, 15) is 9.59 Å². The molecule has 1 aromatic rings. The quantitative estimate of drug-likeness (QED) is 0.354. The van der Waals surface area contributed by atoms with Crippen molar-refractivity contribution in [2.24, 2.45) is 0 Å². The van der Waals surface area contributed by atoms with Crippen LogP contribution in [0.4, 0.5) is 0 Å². The lowest BCUT2D eigenvalue weighted by Gasteiger charge is -2.24. The molecule has 0 aliphatic carbocycles. The Bertz CT molecular complexity index is 1110. The molecule has 7 nitrogen and oxygen atoms in total. The zero-order valence-corrected chi connectivity index (χ0v) is 19.7. The second-order valence-electron chi connectivity index (χ2n) is 8.58. The van der Waals surface area contributed by atoms with Crippen LogP contribution in [-0.4, -0.2) is 51.3 Å². The first-order valence-electron chi connectivity index (χ1n) is 9.85. The van der Waals surface area contributed by atoms with Crippen molar-refractivity contribution in [1.82, 2.24) is 19.1 Å². The van der Waals surface area contributed by atoms with Crippen molar-refractivity contribution in [3.63, 3.8) is 0 Å². The van der Waals surface area contributed by atoms with E-state index in [1.807, 2.05) is 38.7 Å². The molecule has 0 unspecified atom stereocenters. The van der Waals surface area contributed by atoms with Gasteiger partial charge in [-0.3, -0.25) is 9.36 Å². The second-order valence-corrected chi connectivity index (χ2v) is 8.58. The Hall–Kier alpha value is -2.06. The second kappa shape index (κ2) is 8.75. The summed E-state index contributed by atoms with van der Waals surface area (Å²) in [5.41, 5.74) is 3.38. The number of unbranched alkanes of at least 4 members (excludes halogenated alkanes) is 1. The molecule has 29 heavy (non-hydrogen) atoms. The fourth-order valence-corrected chi connectivity index (χ4v) is 3.27. The molecule has 8 heteroatoms. The van der Waals surface area contributed by atoms with Gasteiger partial charge in [0.05, 0.1) is 45.3 Å². The Morgan fingerprint density at radius 3 is 2.24 bits per heavy atom. The van der Waals surface area contributed by atoms with E-state index >= 15 is 0 Å². The van der Waals surface area contributed by atoms with Crippen molar-refractivity contribution < 1.29 is 21.5 Å². The number of aromatic nitrogens is 4. The van der Waals surface area contributed by atoms with Crippen LogP contribution < -0.4 is 28.2 Å². The van der Waals surface area contributed by atoms with Gasteiger partial charge in [-0.25, -0.2) is 9.78 Å². The molecule has 158 valence electrons. The van der Waals surface area contributed by atoms with E-state index in [0.29, 0.717) is 29.9 Å². The molecular formula is C21H30BrN5O2. The average Bonchev–Trinajstić information content (AvgIpc) is 2.60. The molecule has 0 atom stereocenters. The monoisotopic (exact) mass is 463 g/mol. The highest BCUT2D eigenvalue weighted by Gasteiger charge is 2.22. The molecule has 0 saturated carbocycles. The van der Waals surface area contributed by atoms with Crippen LogP contribution in [0.2, 0.25) is 0 Å². The molecule has 0 bridgehead atoms. The molecule has 3 rings (SSSR count). The standard InChI is InChI=1S/C21H30N5O2.BrH/c1-7-8-9-24-17-13-15(3)14(2)12-16(17)22-18-19(24)23-21(28)25(20(18)27)10-11-26(4,5)6;/h12-13H,7-11H2,1-6H3;1H/q+1;/p-1. The predicted octanol–water partition coefficient (Wildman–Crippen LogP) is -0.815. The van der Waals surface area contributed by atoms with Crippen LogP contribution in [0, 0.1) is 13.8 Å².